The van der Waals surface area contributed by atoms with Gasteiger partial charge in [0, 0.05) is 19.4 Å². The molecule has 3 rings (SSSR count). The van der Waals surface area contributed by atoms with E-state index in [4.69, 9.17) is 4.74 Å². The van der Waals surface area contributed by atoms with E-state index in [9.17, 15) is 9.90 Å². The van der Waals surface area contributed by atoms with E-state index < -0.39 is 0 Å². The fourth-order valence-corrected chi connectivity index (χ4v) is 2.99. The maximum Gasteiger partial charge on any atom is 0.223 e. The molecule has 1 aliphatic heterocycles. The molecular formula is C17H23N3O3. The fraction of sp³-hybridized carbons (Fsp3) is 0.529. The smallest absolute Gasteiger partial charge is 0.223 e. The molecule has 0 aliphatic carbocycles. The van der Waals surface area contributed by atoms with E-state index in [0.29, 0.717) is 26.0 Å². The first-order chi connectivity index (χ1) is 11.1. The van der Waals surface area contributed by atoms with Crippen LogP contribution in [0.5, 0.6) is 0 Å². The molecular weight excluding hydrogens is 294 g/mol. The Morgan fingerprint density at radius 2 is 2.35 bits per heavy atom. The highest BCUT2D eigenvalue weighted by Gasteiger charge is 2.29. The predicted octanol–water partition coefficient (Wildman–Crippen LogP) is 1.41. The molecule has 0 radical (unpaired) electrons. The molecule has 23 heavy (non-hydrogen) atoms. The van der Waals surface area contributed by atoms with E-state index in [-0.39, 0.29) is 24.7 Å². The molecule has 1 aliphatic rings. The van der Waals surface area contributed by atoms with Gasteiger partial charge in [-0.2, -0.15) is 0 Å². The first kappa shape index (κ1) is 16.0. The average molecular weight is 317 g/mol. The number of nitrogens with one attached hydrogen (secondary N) is 1. The van der Waals surface area contributed by atoms with E-state index in [1.807, 2.05) is 32.0 Å². The number of aliphatic hydroxyl groups is 1. The summed E-state index contributed by atoms with van der Waals surface area (Å²) in [6, 6.07) is 6.07. The molecule has 1 saturated heterocycles. The van der Waals surface area contributed by atoms with Crippen LogP contribution in [0, 0.1) is 6.92 Å². The van der Waals surface area contributed by atoms with Crippen LogP contribution in [0.3, 0.4) is 0 Å². The minimum absolute atomic E-state index is 0.0446. The monoisotopic (exact) mass is 317 g/mol. The number of H-pyrrole nitrogens is 1. The number of fused-ring (bicyclic) bond motifs is 1. The number of amides is 1. The number of para-hydroxylation sites is 1. The lowest BCUT2D eigenvalue weighted by Crippen LogP contribution is -2.52. The van der Waals surface area contributed by atoms with Gasteiger partial charge in [-0.3, -0.25) is 4.79 Å². The Morgan fingerprint density at radius 1 is 1.52 bits per heavy atom. The van der Waals surface area contributed by atoms with Crippen molar-refractivity contribution >= 4 is 16.9 Å². The maximum absolute atomic E-state index is 12.5. The summed E-state index contributed by atoms with van der Waals surface area (Å²) in [6.45, 7) is 4.87. The molecule has 2 aromatic rings. The Hall–Kier alpha value is -1.92. The van der Waals surface area contributed by atoms with Crippen LogP contribution in [0.4, 0.5) is 0 Å². The van der Waals surface area contributed by atoms with Crippen molar-refractivity contribution in [2.45, 2.75) is 38.8 Å². The number of benzene rings is 1. The number of ether oxygens (including phenoxy) is 1. The summed E-state index contributed by atoms with van der Waals surface area (Å²) < 4.78 is 5.47. The quantitative estimate of drug-likeness (QED) is 0.894. The second-order valence-electron chi connectivity index (χ2n) is 6.19. The molecule has 6 nitrogen and oxygen atoms in total. The third kappa shape index (κ3) is 3.38. The van der Waals surface area contributed by atoms with Crippen LogP contribution in [0.1, 0.15) is 24.7 Å². The number of carbonyl (C=O) groups is 1. The number of morpholine rings is 1. The van der Waals surface area contributed by atoms with Crippen molar-refractivity contribution in [2.24, 2.45) is 0 Å². The van der Waals surface area contributed by atoms with Gasteiger partial charge in [0.1, 0.15) is 5.82 Å². The first-order valence-electron chi connectivity index (χ1n) is 8.04. The second kappa shape index (κ2) is 6.68. The van der Waals surface area contributed by atoms with Gasteiger partial charge in [-0.25, -0.2) is 4.98 Å². The molecule has 2 atom stereocenters. The molecule has 2 heterocycles. The maximum atomic E-state index is 12.5. The van der Waals surface area contributed by atoms with Gasteiger partial charge >= 0.3 is 0 Å². The van der Waals surface area contributed by atoms with Crippen molar-refractivity contribution < 1.29 is 14.6 Å². The molecule has 0 bridgehead atoms. The van der Waals surface area contributed by atoms with Crippen molar-refractivity contribution in [3.63, 3.8) is 0 Å². The Bertz CT molecular complexity index is 697. The van der Waals surface area contributed by atoms with Crippen molar-refractivity contribution in [2.75, 3.05) is 19.8 Å². The van der Waals surface area contributed by atoms with Crippen molar-refractivity contribution in [1.29, 1.82) is 0 Å². The lowest BCUT2D eigenvalue weighted by Gasteiger charge is -2.37. The van der Waals surface area contributed by atoms with E-state index in [2.05, 4.69) is 9.97 Å². The van der Waals surface area contributed by atoms with Gasteiger partial charge in [0.25, 0.3) is 0 Å². The van der Waals surface area contributed by atoms with Crippen LogP contribution in [-0.4, -0.2) is 57.8 Å². The molecule has 1 amide bonds. The molecule has 6 heteroatoms. The van der Waals surface area contributed by atoms with E-state index in [1.54, 1.807) is 4.90 Å². The van der Waals surface area contributed by atoms with Crippen molar-refractivity contribution in [1.82, 2.24) is 14.9 Å². The lowest BCUT2D eigenvalue weighted by molar-refractivity contribution is -0.146. The van der Waals surface area contributed by atoms with Crippen LogP contribution in [-0.2, 0) is 16.0 Å². The van der Waals surface area contributed by atoms with Gasteiger partial charge in [0.15, 0.2) is 0 Å². The standard InChI is InChI=1S/C17H23N3O3/c1-11-4-3-5-14-17(11)19-15(18-14)6-7-16(22)20-8-13(9-21)23-10-12(20)2/h3-5,12-13,21H,6-10H2,1-2H3,(H,18,19). The van der Waals surface area contributed by atoms with Crippen LogP contribution >= 0.6 is 0 Å². The molecule has 1 aromatic heterocycles. The van der Waals surface area contributed by atoms with Gasteiger partial charge < -0.3 is 19.7 Å². The van der Waals surface area contributed by atoms with E-state index in [1.165, 1.54) is 0 Å². The number of aromatic nitrogens is 2. The number of aromatic amines is 1. The zero-order valence-electron chi connectivity index (χ0n) is 13.6. The summed E-state index contributed by atoms with van der Waals surface area (Å²) in [5, 5.41) is 9.21. The third-order valence-corrected chi connectivity index (χ3v) is 4.37. The largest absolute Gasteiger partial charge is 0.394 e. The molecule has 1 fully saturated rings. The number of aryl methyl sites for hydroxylation is 2. The Labute approximate surface area is 135 Å². The summed E-state index contributed by atoms with van der Waals surface area (Å²) in [5.41, 5.74) is 3.10. The number of hydrogen-bond donors (Lipinski definition) is 2. The first-order valence-corrected chi connectivity index (χ1v) is 8.04. The van der Waals surface area contributed by atoms with Crippen LogP contribution in [0.15, 0.2) is 18.2 Å². The summed E-state index contributed by atoms with van der Waals surface area (Å²) in [4.78, 5) is 22.1. The number of nitrogens with zero attached hydrogens (tertiary/aromatic N) is 2. The van der Waals surface area contributed by atoms with Crippen LogP contribution in [0.2, 0.25) is 0 Å². The molecule has 1 aromatic carbocycles. The predicted molar refractivity (Wildman–Crippen MR) is 87.2 cm³/mol. The summed E-state index contributed by atoms with van der Waals surface area (Å²) in [7, 11) is 0. The lowest BCUT2D eigenvalue weighted by atomic mass is 10.1. The Balaban J connectivity index is 1.64. The second-order valence-corrected chi connectivity index (χ2v) is 6.19. The van der Waals surface area contributed by atoms with Gasteiger partial charge in [0.05, 0.1) is 36.4 Å². The molecule has 2 N–H and O–H groups in total. The number of carbonyl (C=O) groups excluding carboxylic acids is 1. The topological polar surface area (TPSA) is 78.5 Å². The van der Waals surface area contributed by atoms with Gasteiger partial charge in [0.2, 0.25) is 5.91 Å². The highest BCUT2D eigenvalue weighted by Crippen LogP contribution is 2.17. The normalized spacial score (nSPS) is 21.8. The van der Waals surface area contributed by atoms with Gasteiger partial charge in [-0.1, -0.05) is 12.1 Å². The zero-order valence-corrected chi connectivity index (χ0v) is 13.6. The highest BCUT2D eigenvalue weighted by atomic mass is 16.5. The zero-order chi connectivity index (χ0) is 16.4. The van der Waals surface area contributed by atoms with Crippen molar-refractivity contribution in [3.05, 3.63) is 29.6 Å². The van der Waals surface area contributed by atoms with Gasteiger partial charge in [-0.05, 0) is 25.5 Å². The molecule has 2 unspecified atom stereocenters. The van der Waals surface area contributed by atoms with Crippen molar-refractivity contribution in [3.8, 4) is 0 Å². The fourth-order valence-electron chi connectivity index (χ4n) is 2.99. The average Bonchev–Trinajstić information content (AvgIpc) is 2.98. The Kier molecular flexibility index (Phi) is 4.63. The summed E-state index contributed by atoms with van der Waals surface area (Å²) in [6.07, 6.45) is 0.714. The number of hydrogen-bond acceptors (Lipinski definition) is 4. The minimum Gasteiger partial charge on any atom is -0.394 e. The van der Waals surface area contributed by atoms with Crippen LogP contribution in [0.25, 0.3) is 11.0 Å². The molecule has 0 spiro atoms. The molecule has 124 valence electrons. The number of aliphatic hydroxyl groups excluding tert-OH is 1. The molecule has 0 saturated carbocycles. The van der Waals surface area contributed by atoms with Crippen LogP contribution < -0.4 is 0 Å². The minimum atomic E-state index is -0.274. The van der Waals surface area contributed by atoms with E-state index in [0.717, 1.165) is 22.4 Å². The highest BCUT2D eigenvalue weighted by molar-refractivity contribution is 5.79. The summed E-state index contributed by atoms with van der Waals surface area (Å²) >= 11 is 0. The number of rotatable bonds is 4. The van der Waals surface area contributed by atoms with Gasteiger partial charge in [-0.15, -0.1) is 0 Å². The number of imidazole rings is 1. The summed E-state index contributed by atoms with van der Waals surface area (Å²) in [5.74, 6) is 0.915. The SMILES string of the molecule is Cc1cccc2[nH]c(CCC(=O)N3CC(CO)OCC3C)nc12. The Morgan fingerprint density at radius 3 is 3.09 bits per heavy atom. The van der Waals surface area contributed by atoms with E-state index >= 15 is 0 Å². The third-order valence-electron chi connectivity index (χ3n) is 4.37.